The molecule has 0 bridgehead atoms. The van der Waals surface area contributed by atoms with Crippen LogP contribution in [0.4, 0.5) is 5.82 Å². The van der Waals surface area contributed by atoms with E-state index < -0.39 is 5.97 Å². The topological polar surface area (TPSA) is 85.2 Å². The van der Waals surface area contributed by atoms with Gasteiger partial charge in [-0.1, -0.05) is 58.4 Å². The Kier molecular flexibility index (Phi) is 4.72. The second-order valence-electron chi connectivity index (χ2n) is 5.36. The average Bonchev–Trinajstić information content (AvgIpc) is 2.99. The zero-order valence-corrected chi connectivity index (χ0v) is 15.0. The molecular weight excluding hydrogens is 384 g/mol. The van der Waals surface area contributed by atoms with Gasteiger partial charge in [-0.05, 0) is 17.7 Å². The number of rotatable bonds is 4. The number of carbonyl (C=O) groups excluding carboxylic acids is 2. The maximum absolute atomic E-state index is 12.9. The molecule has 0 fully saturated rings. The first kappa shape index (κ1) is 17.0. The lowest BCUT2D eigenvalue weighted by molar-refractivity contribution is 0.0603. The number of methoxy groups -OCH3 is 1. The van der Waals surface area contributed by atoms with Crippen LogP contribution in [0.1, 0.15) is 26.4 Å². The van der Waals surface area contributed by atoms with Crippen LogP contribution in [0.2, 0.25) is 0 Å². The van der Waals surface area contributed by atoms with Crippen LogP contribution in [0.25, 0.3) is 11.1 Å². The lowest BCUT2D eigenvalue weighted by Crippen LogP contribution is -2.06. The van der Waals surface area contributed by atoms with Gasteiger partial charge in [0.25, 0.3) is 0 Å². The van der Waals surface area contributed by atoms with Crippen molar-refractivity contribution in [1.82, 2.24) is 4.98 Å². The van der Waals surface area contributed by atoms with Crippen molar-refractivity contribution in [2.45, 2.75) is 0 Å². The summed E-state index contributed by atoms with van der Waals surface area (Å²) in [6.45, 7) is 0. The summed E-state index contributed by atoms with van der Waals surface area (Å²) in [7, 11) is 1.28. The Labute approximate surface area is 152 Å². The summed E-state index contributed by atoms with van der Waals surface area (Å²) < 4.78 is 5.73. The molecule has 126 valence electrons. The van der Waals surface area contributed by atoms with Gasteiger partial charge < -0.3 is 15.5 Å². The summed E-state index contributed by atoms with van der Waals surface area (Å²) in [6, 6.07) is 16.1. The highest BCUT2D eigenvalue weighted by Gasteiger charge is 2.27. The molecule has 6 heteroatoms. The molecule has 3 N–H and O–H groups in total. The van der Waals surface area contributed by atoms with Gasteiger partial charge >= 0.3 is 5.97 Å². The molecule has 1 aromatic heterocycles. The third-order valence-corrected chi connectivity index (χ3v) is 4.34. The summed E-state index contributed by atoms with van der Waals surface area (Å²) in [4.78, 5) is 28.0. The number of esters is 1. The fourth-order valence-electron chi connectivity index (χ4n) is 2.64. The molecule has 0 aliphatic rings. The zero-order chi connectivity index (χ0) is 18.0. The van der Waals surface area contributed by atoms with Gasteiger partial charge in [0.05, 0.1) is 12.8 Å². The van der Waals surface area contributed by atoms with Crippen molar-refractivity contribution in [3.63, 3.8) is 0 Å². The van der Waals surface area contributed by atoms with Gasteiger partial charge in [-0.2, -0.15) is 0 Å². The number of halogens is 1. The van der Waals surface area contributed by atoms with E-state index >= 15 is 0 Å². The average molecular weight is 399 g/mol. The first-order chi connectivity index (χ1) is 12.0. The van der Waals surface area contributed by atoms with Crippen molar-refractivity contribution >= 4 is 33.5 Å². The van der Waals surface area contributed by atoms with Crippen molar-refractivity contribution in [3.8, 4) is 11.1 Å². The van der Waals surface area contributed by atoms with Crippen LogP contribution in [0.15, 0.2) is 59.1 Å². The predicted molar refractivity (Wildman–Crippen MR) is 99.6 cm³/mol. The highest BCUT2D eigenvalue weighted by Crippen LogP contribution is 2.34. The number of nitrogens with one attached hydrogen (secondary N) is 1. The molecule has 0 radical (unpaired) electrons. The molecule has 0 aliphatic heterocycles. The maximum Gasteiger partial charge on any atom is 0.342 e. The van der Waals surface area contributed by atoms with Gasteiger partial charge in [0.15, 0.2) is 0 Å². The van der Waals surface area contributed by atoms with Gasteiger partial charge in [0, 0.05) is 15.6 Å². The van der Waals surface area contributed by atoms with Gasteiger partial charge in [-0.15, -0.1) is 0 Å². The Morgan fingerprint density at radius 1 is 1.04 bits per heavy atom. The molecule has 0 saturated carbocycles. The molecule has 0 aliphatic carbocycles. The van der Waals surface area contributed by atoms with E-state index in [0.717, 1.165) is 4.47 Å². The van der Waals surface area contributed by atoms with Crippen LogP contribution < -0.4 is 5.73 Å². The third-order valence-electron chi connectivity index (χ3n) is 3.81. The predicted octanol–water partition coefficient (Wildman–Crippen LogP) is 4.04. The van der Waals surface area contributed by atoms with Crippen molar-refractivity contribution in [2.24, 2.45) is 0 Å². The zero-order valence-electron chi connectivity index (χ0n) is 13.4. The van der Waals surface area contributed by atoms with Crippen molar-refractivity contribution in [2.75, 3.05) is 12.8 Å². The van der Waals surface area contributed by atoms with E-state index in [1.165, 1.54) is 7.11 Å². The smallest absolute Gasteiger partial charge is 0.342 e. The normalized spacial score (nSPS) is 10.5. The number of aromatic amines is 1. The Balaban J connectivity index is 2.24. The van der Waals surface area contributed by atoms with Crippen LogP contribution in [0.3, 0.4) is 0 Å². The molecule has 0 saturated heterocycles. The minimum atomic E-state index is -0.598. The fourth-order valence-corrected chi connectivity index (χ4v) is 2.91. The maximum atomic E-state index is 12.9. The van der Waals surface area contributed by atoms with E-state index in [-0.39, 0.29) is 22.9 Å². The highest BCUT2D eigenvalue weighted by atomic mass is 79.9. The number of aromatic nitrogens is 1. The van der Waals surface area contributed by atoms with Gasteiger partial charge in [0.1, 0.15) is 11.4 Å². The lowest BCUT2D eigenvalue weighted by Gasteiger charge is -2.07. The Hall–Kier alpha value is -2.86. The van der Waals surface area contributed by atoms with Crippen molar-refractivity contribution in [3.05, 3.63) is 75.9 Å². The molecule has 0 atom stereocenters. The Morgan fingerprint density at radius 2 is 1.68 bits per heavy atom. The minimum absolute atomic E-state index is 0.101. The number of ether oxygens (including phenoxy) is 1. The van der Waals surface area contributed by atoms with Crippen LogP contribution in [0, 0.1) is 0 Å². The van der Waals surface area contributed by atoms with E-state index in [9.17, 15) is 9.59 Å². The molecule has 1 heterocycles. The van der Waals surface area contributed by atoms with Gasteiger partial charge in [-0.3, -0.25) is 4.79 Å². The summed E-state index contributed by atoms with van der Waals surface area (Å²) >= 11 is 3.38. The summed E-state index contributed by atoms with van der Waals surface area (Å²) in [5.41, 5.74) is 8.02. The second-order valence-corrected chi connectivity index (χ2v) is 6.27. The van der Waals surface area contributed by atoms with E-state index in [1.807, 2.05) is 18.2 Å². The molecule has 0 amide bonds. The first-order valence-corrected chi connectivity index (χ1v) is 8.27. The van der Waals surface area contributed by atoms with E-state index in [1.54, 1.807) is 36.4 Å². The molecular formula is C19H15BrN2O3. The Morgan fingerprint density at radius 3 is 2.28 bits per heavy atom. The molecule has 3 aromatic rings. The number of nitrogens with two attached hydrogens (primary N) is 1. The quantitative estimate of drug-likeness (QED) is 0.512. The van der Waals surface area contributed by atoms with Crippen molar-refractivity contribution in [1.29, 1.82) is 0 Å². The lowest BCUT2D eigenvalue weighted by atomic mass is 9.97. The number of anilines is 1. The summed E-state index contributed by atoms with van der Waals surface area (Å²) in [6.07, 6.45) is 0. The minimum Gasteiger partial charge on any atom is -0.465 e. The summed E-state index contributed by atoms with van der Waals surface area (Å²) in [5.74, 6) is -0.747. The summed E-state index contributed by atoms with van der Waals surface area (Å²) in [5, 5.41) is 0. The number of ketones is 1. The van der Waals surface area contributed by atoms with Crippen molar-refractivity contribution < 1.29 is 14.3 Å². The number of benzene rings is 2. The Bertz CT molecular complexity index is 931. The van der Waals surface area contributed by atoms with E-state index in [2.05, 4.69) is 20.9 Å². The number of carbonyl (C=O) groups is 2. The SMILES string of the molecule is COC(=O)c1c(N)[nH]c(C(=O)c2ccccc2)c1-c1ccc(Br)cc1. The van der Waals surface area contributed by atoms with Gasteiger partial charge in [-0.25, -0.2) is 4.79 Å². The molecule has 3 rings (SSSR count). The molecule has 5 nitrogen and oxygen atoms in total. The number of hydrogen-bond acceptors (Lipinski definition) is 4. The largest absolute Gasteiger partial charge is 0.465 e. The fraction of sp³-hybridized carbons (Fsp3) is 0.0526. The number of H-pyrrole nitrogens is 1. The molecule has 0 unspecified atom stereocenters. The van der Waals surface area contributed by atoms with Crippen LogP contribution in [0.5, 0.6) is 0 Å². The number of nitrogen functional groups attached to an aromatic ring is 1. The van der Waals surface area contributed by atoms with Crippen LogP contribution in [-0.2, 0) is 4.74 Å². The second kappa shape index (κ2) is 6.94. The van der Waals surface area contributed by atoms with Gasteiger partial charge in [0.2, 0.25) is 5.78 Å². The highest BCUT2D eigenvalue weighted by molar-refractivity contribution is 9.10. The van der Waals surface area contributed by atoms with E-state index in [0.29, 0.717) is 16.7 Å². The molecule has 25 heavy (non-hydrogen) atoms. The van der Waals surface area contributed by atoms with Crippen LogP contribution in [-0.4, -0.2) is 23.8 Å². The molecule has 2 aromatic carbocycles. The van der Waals surface area contributed by atoms with Crippen LogP contribution >= 0.6 is 15.9 Å². The molecule has 0 spiro atoms. The van der Waals surface area contributed by atoms with E-state index in [4.69, 9.17) is 10.5 Å². The third kappa shape index (κ3) is 3.21. The number of hydrogen-bond donors (Lipinski definition) is 2. The standard InChI is InChI=1S/C19H15BrN2O3/c1-25-19(24)15-14(11-7-9-13(20)10-8-11)16(22-18(15)21)17(23)12-5-3-2-4-6-12/h2-10,22H,21H2,1H3. The first-order valence-electron chi connectivity index (χ1n) is 7.48. The monoisotopic (exact) mass is 398 g/mol.